The van der Waals surface area contributed by atoms with Gasteiger partial charge in [-0.05, 0) is 32.4 Å². The Hall–Kier alpha value is -1.10. The van der Waals surface area contributed by atoms with Gasteiger partial charge in [0.2, 0.25) is 11.8 Å². The summed E-state index contributed by atoms with van der Waals surface area (Å²) in [4.78, 5) is 22.7. The average molecular weight is 211 g/mol. The molecule has 0 aromatic carbocycles. The largest absolute Gasteiger partial charge is 0.351 e. The molecule has 0 aromatic rings. The van der Waals surface area contributed by atoms with Gasteiger partial charge < -0.3 is 16.0 Å². The van der Waals surface area contributed by atoms with Crippen LogP contribution in [0.4, 0.5) is 0 Å². The lowest BCUT2D eigenvalue weighted by molar-refractivity contribution is -0.126. The standard InChI is InChI=1S/C10H17N3O2/c14-9-2-1-8(13-9)10(15)12-7-3-5-11-6-4-7/h7-8,11H,1-6H2,(H,12,15)(H,13,14)/t8-/m0/s1. The Morgan fingerprint density at radius 2 is 2.00 bits per heavy atom. The zero-order valence-electron chi connectivity index (χ0n) is 8.71. The minimum absolute atomic E-state index is 0.0135. The van der Waals surface area contributed by atoms with Crippen LogP contribution in [0.5, 0.6) is 0 Å². The third-order valence-corrected chi connectivity index (χ3v) is 3.00. The molecule has 2 heterocycles. The third kappa shape index (κ3) is 2.68. The Morgan fingerprint density at radius 1 is 1.27 bits per heavy atom. The Bertz CT molecular complexity index is 261. The first-order chi connectivity index (χ1) is 7.25. The summed E-state index contributed by atoms with van der Waals surface area (Å²) in [6.45, 7) is 1.92. The van der Waals surface area contributed by atoms with Gasteiger partial charge in [-0.1, -0.05) is 0 Å². The summed E-state index contributed by atoms with van der Waals surface area (Å²) < 4.78 is 0. The molecule has 15 heavy (non-hydrogen) atoms. The van der Waals surface area contributed by atoms with Gasteiger partial charge in [-0.3, -0.25) is 9.59 Å². The molecule has 2 amide bonds. The summed E-state index contributed by atoms with van der Waals surface area (Å²) in [7, 11) is 0. The van der Waals surface area contributed by atoms with E-state index in [1.165, 1.54) is 0 Å². The number of nitrogens with one attached hydrogen (secondary N) is 3. The Morgan fingerprint density at radius 3 is 2.60 bits per heavy atom. The van der Waals surface area contributed by atoms with Gasteiger partial charge >= 0.3 is 0 Å². The lowest BCUT2D eigenvalue weighted by atomic mass is 10.1. The molecule has 2 rings (SSSR count). The van der Waals surface area contributed by atoms with Crippen molar-refractivity contribution in [2.45, 2.75) is 37.8 Å². The lowest BCUT2D eigenvalue weighted by Gasteiger charge is -2.24. The van der Waals surface area contributed by atoms with Crippen LogP contribution in [-0.2, 0) is 9.59 Å². The SMILES string of the molecule is O=C1CC[C@@H](C(=O)NC2CCNCC2)N1. The van der Waals surface area contributed by atoms with Crippen molar-refractivity contribution in [1.29, 1.82) is 0 Å². The van der Waals surface area contributed by atoms with E-state index in [4.69, 9.17) is 0 Å². The van der Waals surface area contributed by atoms with Crippen molar-refractivity contribution < 1.29 is 9.59 Å². The minimum Gasteiger partial charge on any atom is -0.351 e. The van der Waals surface area contributed by atoms with Crippen molar-refractivity contribution >= 4 is 11.8 Å². The second kappa shape index (κ2) is 4.61. The van der Waals surface area contributed by atoms with E-state index in [0.717, 1.165) is 25.9 Å². The zero-order chi connectivity index (χ0) is 10.7. The van der Waals surface area contributed by atoms with E-state index >= 15 is 0 Å². The quantitative estimate of drug-likeness (QED) is 0.556. The number of amides is 2. The van der Waals surface area contributed by atoms with Gasteiger partial charge in [-0.15, -0.1) is 0 Å². The van der Waals surface area contributed by atoms with Crippen molar-refractivity contribution in [2.75, 3.05) is 13.1 Å². The molecule has 0 bridgehead atoms. The summed E-state index contributed by atoms with van der Waals surface area (Å²) in [6, 6.07) is -0.0244. The molecule has 0 unspecified atom stereocenters. The first kappa shape index (κ1) is 10.4. The van der Waals surface area contributed by atoms with Crippen molar-refractivity contribution in [3.8, 4) is 0 Å². The molecule has 5 heteroatoms. The fourth-order valence-electron chi connectivity index (χ4n) is 2.08. The molecule has 0 spiro atoms. The van der Waals surface area contributed by atoms with Crippen LogP contribution in [0.15, 0.2) is 0 Å². The maximum atomic E-state index is 11.7. The maximum absolute atomic E-state index is 11.7. The molecule has 0 aliphatic carbocycles. The molecule has 0 aromatic heterocycles. The summed E-state index contributed by atoms with van der Waals surface area (Å²) >= 11 is 0. The first-order valence-corrected chi connectivity index (χ1v) is 5.56. The van der Waals surface area contributed by atoms with Crippen LogP contribution in [0.3, 0.4) is 0 Å². The summed E-state index contributed by atoms with van der Waals surface area (Å²) in [5.74, 6) is -0.0341. The summed E-state index contributed by atoms with van der Waals surface area (Å²) in [5.41, 5.74) is 0. The van der Waals surface area contributed by atoms with Crippen molar-refractivity contribution in [3.63, 3.8) is 0 Å². The van der Waals surface area contributed by atoms with Crippen LogP contribution < -0.4 is 16.0 Å². The van der Waals surface area contributed by atoms with Crippen molar-refractivity contribution in [2.24, 2.45) is 0 Å². The van der Waals surface area contributed by atoms with Crippen LogP contribution in [0.25, 0.3) is 0 Å². The van der Waals surface area contributed by atoms with E-state index in [9.17, 15) is 9.59 Å². The van der Waals surface area contributed by atoms with E-state index in [0.29, 0.717) is 12.8 Å². The molecule has 84 valence electrons. The third-order valence-electron chi connectivity index (χ3n) is 3.00. The second-order valence-corrected chi connectivity index (χ2v) is 4.19. The minimum atomic E-state index is -0.299. The molecule has 5 nitrogen and oxygen atoms in total. The molecular weight excluding hydrogens is 194 g/mol. The van der Waals surface area contributed by atoms with E-state index in [1.807, 2.05) is 0 Å². The van der Waals surface area contributed by atoms with Gasteiger partial charge in [0.1, 0.15) is 6.04 Å². The van der Waals surface area contributed by atoms with Crippen molar-refractivity contribution in [1.82, 2.24) is 16.0 Å². The molecule has 2 aliphatic rings. The highest BCUT2D eigenvalue weighted by Gasteiger charge is 2.28. The number of carbonyl (C=O) groups excluding carboxylic acids is 2. The smallest absolute Gasteiger partial charge is 0.242 e. The molecule has 2 saturated heterocycles. The van der Waals surface area contributed by atoms with Gasteiger partial charge in [0, 0.05) is 12.5 Å². The van der Waals surface area contributed by atoms with Gasteiger partial charge in [-0.25, -0.2) is 0 Å². The average Bonchev–Trinajstić information content (AvgIpc) is 2.66. The number of rotatable bonds is 2. The van der Waals surface area contributed by atoms with E-state index in [1.54, 1.807) is 0 Å². The number of hydrogen-bond donors (Lipinski definition) is 3. The fourth-order valence-corrected chi connectivity index (χ4v) is 2.08. The molecule has 2 aliphatic heterocycles. The predicted molar refractivity (Wildman–Crippen MR) is 55.2 cm³/mol. The Kier molecular flexibility index (Phi) is 3.20. The number of carbonyl (C=O) groups is 2. The fraction of sp³-hybridized carbons (Fsp3) is 0.800. The van der Waals surface area contributed by atoms with E-state index < -0.39 is 0 Å². The summed E-state index contributed by atoms with van der Waals surface area (Å²) in [5, 5.41) is 8.91. The normalized spacial score (nSPS) is 27.5. The molecule has 2 fully saturated rings. The number of hydrogen-bond acceptors (Lipinski definition) is 3. The number of piperidine rings is 1. The van der Waals surface area contributed by atoms with Crippen LogP contribution in [0.2, 0.25) is 0 Å². The monoisotopic (exact) mass is 211 g/mol. The van der Waals surface area contributed by atoms with Crippen LogP contribution in [0, 0.1) is 0 Å². The molecule has 0 radical (unpaired) electrons. The van der Waals surface area contributed by atoms with Crippen LogP contribution in [0.1, 0.15) is 25.7 Å². The predicted octanol–water partition coefficient (Wildman–Crippen LogP) is -0.867. The Balaban J connectivity index is 1.78. The van der Waals surface area contributed by atoms with Gasteiger partial charge in [0.05, 0.1) is 0 Å². The zero-order valence-corrected chi connectivity index (χ0v) is 8.71. The van der Waals surface area contributed by atoms with Gasteiger partial charge in [0.25, 0.3) is 0 Å². The lowest BCUT2D eigenvalue weighted by Crippen LogP contribution is -2.49. The van der Waals surface area contributed by atoms with Crippen molar-refractivity contribution in [3.05, 3.63) is 0 Å². The van der Waals surface area contributed by atoms with Gasteiger partial charge in [0.15, 0.2) is 0 Å². The summed E-state index contributed by atoms with van der Waals surface area (Å²) in [6.07, 6.45) is 3.07. The molecule has 0 saturated carbocycles. The molecular formula is C10H17N3O2. The van der Waals surface area contributed by atoms with Crippen LogP contribution >= 0.6 is 0 Å². The second-order valence-electron chi connectivity index (χ2n) is 4.19. The molecule has 1 atom stereocenters. The topological polar surface area (TPSA) is 70.2 Å². The highest BCUT2D eigenvalue weighted by Crippen LogP contribution is 2.08. The Labute approximate surface area is 89.0 Å². The van der Waals surface area contributed by atoms with E-state index in [-0.39, 0.29) is 23.9 Å². The highest BCUT2D eigenvalue weighted by atomic mass is 16.2. The van der Waals surface area contributed by atoms with Gasteiger partial charge in [-0.2, -0.15) is 0 Å². The van der Waals surface area contributed by atoms with E-state index in [2.05, 4.69) is 16.0 Å². The molecule has 3 N–H and O–H groups in total. The maximum Gasteiger partial charge on any atom is 0.242 e. The van der Waals surface area contributed by atoms with Crippen LogP contribution in [-0.4, -0.2) is 37.0 Å². The first-order valence-electron chi connectivity index (χ1n) is 5.56. The highest BCUT2D eigenvalue weighted by molar-refractivity contribution is 5.90.